The minimum absolute atomic E-state index is 0.00323. The van der Waals surface area contributed by atoms with Crippen LogP contribution < -0.4 is 0 Å². The van der Waals surface area contributed by atoms with E-state index in [0.717, 1.165) is 41.6 Å². The number of carboxylic acids is 1. The van der Waals surface area contributed by atoms with Crippen LogP contribution in [0.3, 0.4) is 0 Å². The third kappa shape index (κ3) is 5.04. The van der Waals surface area contributed by atoms with Crippen LogP contribution in [0.2, 0.25) is 10.0 Å². The lowest BCUT2D eigenvalue weighted by Crippen LogP contribution is -2.49. The van der Waals surface area contributed by atoms with Crippen LogP contribution >= 0.6 is 34.5 Å². The van der Waals surface area contributed by atoms with E-state index < -0.39 is 29.2 Å². The molecule has 0 spiro atoms. The zero-order chi connectivity index (χ0) is 29.1. The van der Waals surface area contributed by atoms with Crippen molar-refractivity contribution in [2.75, 3.05) is 6.61 Å². The Labute approximate surface area is 248 Å². The third-order valence-corrected chi connectivity index (χ3v) is 10.00. The number of aromatic nitrogens is 2. The Bertz CT molecular complexity index is 1620. The molecule has 216 valence electrons. The molecule has 4 aromatic rings. The van der Waals surface area contributed by atoms with Crippen molar-refractivity contribution in [3.8, 4) is 11.3 Å². The average molecular weight is 622 g/mol. The number of hydrogen-bond donors (Lipinski definition) is 3. The molecule has 0 saturated heterocycles. The maximum Gasteiger partial charge on any atom is 0.335 e. The Kier molecular flexibility index (Phi) is 7.59. The monoisotopic (exact) mass is 620 g/mol. The zero-order valence-electron chi connectivity index (χ0n) is 21.9. The van der Waals surface area contributed by atoms with Crippen molar-refractivity contribution in [3.63, 3.8) is 0 Å². The highest BCUT2D eigenvalue weighted by molar-refractivity contribution is 7.18. The van der Waals surface area contributed by atoms with Crippen LogP contribution in [0.15, 0.2) is 34.9 Å². The molecule has 3 N–H and O–H groups in total. The number of benzene rings is 2. The maximum absolute atomic E-state index is 14.7. The molecule has 41 heavy (non-hydrogen) atoms. The number of ether oxygens (including phenoxy) is 1. The molecule has 0 bridgehead atoms. The summed E-state index contributed by atoms with van der Waals surface area (Å²) in [6, 6.07) is 7.50. The summed E-state index contributed by atoms with van der Waals surface area (Å²) in [4.78, 5) is 15.8. The molecule has 0 aliphatic heterocycles. The number of aliphatic hydroxyl groups is 2. The molecule has 2 fully saturated rings. The highest BCUT2D eigenvalue weighted by Gasteiger charge is 2.50. The molecule has 2 aromatic heterocycles. The Hall–Kier alpha value is -2.60. The van der Waals surface area contributed by atoms with E-state index in [4.69, 9.17) is 32.5 Å². The third-order valence-electron chi connectivity index (χ3n) is 8.23. The van der Waals surface area contributed by atoms with Gasteiger partial charge in [0.05, 0.1) is 33.0 Å². The van der Waals surface area contributed by atoms with E-state index in [1.807, 2.05) is 6.92 Å². The Morgan fingerprint density at radius 3 is 2.63 bits per heavy atom. The van der Waals surface area contributed by atoms with Crippen LogP contribution in [0.4, 0.5) is 4.39 Å². The van der Waals surface area contributed by atoms with Crippen molar-refractivity contribution >= 4 is 50.7 Å². The number of aromatic carboxylic acids is 1. The van der Waals surface area contributed by atoms with E-state index >= 15 is 0 Å². The number of hydrogen-bond acceptors (Lipinski definition) is 8. The van der Waals surface area contributed by atoms with Gasteiger partial charge in [-0.3, -0.25) is 0 Å². The maximum atomic E-state index is 14.7. The van der Waals surface area contributed by atoms with Gasteiger partial charge in [-0.2, -0.15) is 0 Å². The second-order valence-corrected chi connectivity index (χ2v) is 12.7. The molecule has 8 nitrogen and oxygen atoms in total. The molecule has 12 heteroatoms. The molecular weight excluding hydrogens is 594 g/mol. The molecule has 2 aliphatic carbocycles. The average Bonchev–Trinajstić information content (AvgIpc) is 3.54. The number of nitrogens with zero attached hydrogens (tertiary/aromatic N) is 2. The van der Waals surface area contributed by atoms with Gasteiger partial charge in [-0.25, -0.2) is 14.2 Å². The molecule has 4 atom stereocenters. The summed E-state index contributed by atoms with van der Waals surface area (Å²) < 4.78 is 27.1. The first kappa shape index (κ1) is 28.5. The van der Waals surface area contributed by atoms with Gasteiger partial charge in [0.25, 0.3) is 0 Å². The Morgan fingerprint density at radius 2 is 1.98 bits per heavy atom. The van der Waals surface area contributed by atoms with Crippen molar-refractivity contribution in [1.29, 1.82) is 0 Å². The predicted octanol–water partition coefficient (Wildman–Crippen LogP) is 6.78. The molecule has 6 rings (SSSR count). The molecular formula is C29H27Cl2FN2O6S. The van der Waals surface area contributed by atoms with Gasteiger partial charge in [0.15, 0.2) is 5.82 Å². The number of aliphatic hydroxyl groups excluding tert-OH is 1. The molecule has 2 aromatic carbocycles. The first-order chi connectivity index (χ1) is 19.6. The Balaban J connectivity index is 1.26. The van der Waals surface area contributed by atoms with Crippen LogP contribution in [-0.2, 0) is 16.9 Å². The van der Waals surface area contributed by atoms with Crippen molar-refractivity contribution in [2.45, 2.75) is 56.8 Å². The summed E-state index contributed by atoms with van der Waals surface area (Å²) >= 11 is 14.0. The van der Waals surface area contributed by atoms with Gasteiger partial charge in [0.1, 0.15) is 27.6 Å². The van der Waals surface area contributed by atoms with Gasteiger partial charge < -0.3 is 24.6 Å². The van der Waals surface area contributed by atoms with Crippen LogP contribution in [0, 0.1) is 17.7 Å². The molecule has 0 amide bonds. The number of thiazole rings is 1. The quantitative estimate of drug-likeness (QED) is 0.197. The van der Waals surface area contributed by atoms with Gasteiger partial charge in [0.2, 0.25) is 0 Å². The lowest BCUT2D eigenvalue weighted by molar-refractivity contribution is -0.151. The fourth-order valence-electron chi connectivity index (χ4n) is 5.84. The number of rotatable bonds is 8. The van der Waals surface area contributed by atoms with E-state index in [1.54, 1.807) is 18.2 Å². The van der Waals surface area contributed by atoms with Crippen molar-refractivity contribution in [3.05, 3.63) is 68.1 Å². The second kappa shape index (κ2) is 10.9. The SMILES string of the molecule is CC1CC(OCc2c(-c3c(Cl)cccc3Cl)noc2C2CC2)CC(CO)C1(O)c1nc2c(F)cc(C(=O)O)cc2s1. The van der Waals surface area contributed by atoms with E-state index in [9.17, 15) is 24.5 Å². The summed E-state index contributed by atoms with van der Waals surface area (Å²) in [5, 5.41) is 37.0. The molecule has 2 saturated carbocycles. The minimum atomic E-state index is -1.55. The summed E-state index contributed by atoms with van der Waals surface area (Å²) in [5.41, 5.74) is 0.153. The van der Waals surface area contributed by atoms with Crippen LogP contribution in [0.5, 0.6) is 0 Å². The van der Waals surface area contributed by atoms with E-state index in [0.29, 0.717) is 38.8 Å². The molecule has 4 unspecified atom stereocenters. The standard InChI is InChI=1S/C29H27Cl2FN2O6S/c1-13-7-17(39-12-18-24(34-40-26(18)14-5-6-14)23-19(30)3-2-4-20(23)31)10-16(11-35)29(13,38)28-33-25-21(32)8-15(27(36)37)9-22(25)41-28/h2-4,8-9,13-14,16-17,35,38H,5-7,10-12H2,1H3,(H,36,37). The minimum Gasteiger partial charge on any atom is -0.478 e. The number of carbonyl (C=O) groups is 1. The fourth-order valence-corrected chi connectivity index (χ4v) is 7.72. The summed E-state index contributed by atoms with van der Waals surface area (Å²) in [5.74, 6) is -2.07. The first-order valence-corrected chi connectivity index (χ1v) is 14.9. The lowest BCUT2D eigenvalue weighted by atomic mass is 9.68. The van der Waals surface area contributed by atoms with E-state index in [1.165, 1.54) is 6.07 Å². The van der Waals surface area contributed by atoms with Crippen LogP contribution in [0.1, 0.15) is 65.2 Å². The molecule has 2 aliphatic rings. The van der Waals surface area contributed by atoms with Crippen molar-refractivity contribution in [2.24, 2.45) is 11.8 Å². The normalized spacial score (nSPS) is 24.7. The Morgan fingerprint density at radius 1 is 1.24 bits per heavy atom. The van der Waals surface area contributed by atoms with E-state index in [-0.39, 0.29) is 41.3 Å². The first-order valence-electron chi connectivity index (χ1n) is 13.3. The van der Waals surface area contributed by atoms with Gasteiger partial charge in [0, 0.05) is 29.6 Å². The number of carboxylic acid groups (broad SMARTS) is 1. The van der Waals surface area contributed by atoms with Crippen LogP contribution in [-0.4, -0.2) is 44.1 Å². The number of fused-ring (bicyclic) bond motifs is 1. The smallest absolute Gasteiger partial charge is 0.335 e. The van der Waals surface area contributed by atoms with Gasteiger partial charge in [-0.15, -0.1) is 11.3 Å². The van der Waals surface area contributed by atoms with Crippen molar-refractivity contribution < 1.29 is 33.8 Å². The lowest BCUT2D eigenvalue weighted by Gasteiger charge is -2.45. The highest BCUT2D eigenvalue weighted by atomic mass is 35.5. The topological polar surface area (TPSA) is 126 Å². The predicted molar refractivity (Wildman–Crippen MR) is 152 cm³/mol. The van der Waals surface area contributed by atoms with Gasteiger partial charge in [-0.1, -0.05) is 41.3 Å². The summed E-state index contributed by atoms with van der Waals surface area (Å²) in [7, 11) is 0. The molecule has 2 heterocycles. The summed E-state index contributed by atoms with van der Waals surface area (Å²) in [6.45, 7) is 1.68. The summed E-state index contributed by atoms with van der Waals surface area (Å²) in [6.07, 6.45) is 2.44. The van der Waals surface area contributed by atoms with Gasteiger partial charge in [-0.05, 0) is 55.9 Å². The molecule has 0 radical (unpaired) electrons. The highest BCUT2D eigenvalue weighted by Crippen LogP contribution is 2.50. The largest absolute Gasteiger partial charge is 0.478 e. The van der Waals surface area contributed by atoms with Crippen molar-refractivity contribution in [1.82, 2.24) is 10.1 Å². The van der Waals surface area contributed by atoms with Gasteiger partial charge >= 0.3 is 5.97 Å². The second-order valence-electron chi connectivity index (χ2n) is 10.9. The number of halogens is 3. The zero-order valence-corrected chi connectivity index (χ0v) is 24.3. The van der Waals surface area contributed by atoms with E-state index in [2.05, 4.69) is 10.1 Å². The fraction of sp³-hybridized carbons (Fsp3) is 0.414. The van der Waals surface area contributed by atoms with Crippen LogP contribution in [0.25, 0.3) is 21.5 Å².